The Morgan fingerprint density at radius 1 is 1.27 bits per heavy atom. The summed E-state index contributed by atoms with van der Waals surface area (Å²) in [6.45, 7) is 4.97. The molecule has 1 N–H and O–H groups in total. The van der Waals surface area contributed by atoms with Crippen molar-refractivity contribution in [1.29, 1.82) is 0 Å². The van der Waals surface area contributed by atoms with Crippen molar-refractivity contribution in [3.63, 3.8) is 0 Å². The predicted octanol–water partition coefficient (Wildman–Crippen LogP) is 1.72. The number of ether oxygens (including phenoxy) is 1. The Kier molecular flexibility index (Phi) is 7.12. The van der Waals surface area contributed by atoms with E-state index in [2.05, 4.69) is 10.1 Å². The summed E-state index contributed by atoms with van der Waals surface area (Å²) in [6.07, 6.45) is -2.51. The molecule has 1 amide bonds. The zero-order valence-electron chi connectivity index (χ0n) is 12.9. The van der Waals surface area contributed by atoms with Gasteiger partial charge in [0.2, 0.25) is 0 Å². The van der Waals surface area contributed by atoms with Crippen molar-refractivity contribution in [1.82, 2.24) is 10.2 Å². The molecule has 0 radical (unpaired) electrons. The van der Waals surface area contributed by atoms with Crippen molar-refractivity contribution >= 4 is 11.9 Å². The number of carbonyl (C=O) groups excluding carboxylic acids is 2. The topological polar surface area (TPSA) is 58.6 Å². The van der Waals surface area contributed by atoms with E-state index in [0.717, 1.165) is 32.4 Å². The lowest BCUT2D eigenvalue weighted by atomic mass is 9.87. The van der Waals surface area contributed by atoms with Gasteiger partial charge in [0, 0.05) is 12.6 Å². The van der Waals surface area contributed by atoms with Crippen LogP contribution >= 0.6 is 0 Å². The van der Waals surface area contributed by atoms with Crippen LogP contribution in [0.5, 0.6) is 0 Å². The van der Waals surface area contributed by atoms with E-state index in [1.807, 2.05) is 6.92 Å². The number of hydrogen-bond acceptors (Lipinski definition) is 4. The maximum Gasteiger partial charge on any atom is 0.490 e. The van der Waals surface area contributed by atoms with Crippen LogP contribution < -0.4 is 5.32 Å². The van der Waals surface area contributed by atoms with E-state index in [-0.39, 0.29) is 6.04 Å². The van der Waals surface area contributed by atoms with Gasteiger partial charge in [-0.15, -0.1) is 0 Å². The fraction of sp³-hybridized carbons (Fsp3) is 0.857. The summed E-state index contributed by atoms with van der Waals surface area (Å²) in [7, 11) is 0. The third-order valence-corrected chi connectivity index (χ3v) is 3.97. The molecule has 1 aliphatic heterocycles. The number of esters is 1. The maximum atomic E-state index is 12.1. The van der Waals surface area contributed by atoms with E-state index in [1.165, 1.54) is 4.90 Å². The summed E-state index contributed by atoms with van der Waals surface area (Å²) in [5.74, 6) is -2.59. The maximum absolute atomic E-state index is 12.1. The largest absolute Gasteiger partial charge is 0.490 e. The van der Waals surface area contributed by atoms with Gasteiger partial charge in [0.1, 0.15) is 0 Å². The van der Waals surface area contributed by atoms with Gasteiger partial charge >= 0.3 is 12.1 Å². The molecular formula is C14H23F3N2O3. The second-order valence-corrected chi connectivity index (χ2v) is 5.32. The first-order valence-electron chi connectivity index (χ1n) is 7.55. The molecule has 0 aliphatic carbocycles. The van der Waals surface area contributed by atoms with Gasteiger partial charge in [0.25, 0.3) is 5.91 Å². The van der Waals surface area contributed by atoms with Crippen molar-refractivity contribution in [2.24, 2.45) is 5.92 Å². The van der Waals surface area contributed by atoms with Crippen molar-refractivity contribution < 1.29 is 27.5 Å². The number of alkyl halides is 3. The molecule has 1 unspecified atom stereocenters. The standard InChI is InChI=1S/C14H23F3N2O3/c1-3-11(10-5-7-18-8-6-10)19(4-2)12(20)9-22-13(21)14(15,16)17/h10-11,18H,3-9H2,1-2H3. The Morgan fingerprint density at radius 2 is 1.86 bits per heavy atom. The molecule has 1 aliphatic rings. The third kappa shape index (κ3) is 5.15. The monoisotopic (exact) mass is 324 g/mol. The Morgan fingerprint density at radius 3 is 2.32 bits per heavy atom. The van der Waals surface area contributed by atoms with E-state index in [9.17, 15) is 22.8 Å². The van der Waals surface area contributed by atoms with E-state index < -0.39 is 24.7 Å². The van der Waals surface area contributed by atoms with Crippen LogP contribution in [0.2, 0.25) is 0 Å². The number of piperidine rings is 1. The quantitative estimate of drug-likeness (QED) is 0.756. The van der Waals surface area contributed by atoms with Crippen molar-refractivity contribution in [3.05, 3.63) is 0 Å². The van der Waals surface area contributed by atoms with Gasteiger partial charge in [-0.05, 0) is 45.2 Å². The second kappa shape index (κ2) is 8.36. The highest BCUT2D eigenvalue weighted by Gasteiger charge is 2.41. The molecule has 1 saturated heterocycles. The Bertz CT molecular complexity index is 382. The second-order valence-electron chi connectivity index (χ2n) is 5.32. The van der Waals surface area contributed by atoms with Gasteiger partial charge in [-0.1, -0.05) is 6.92 Å². The van der Waals surface area contributed by atoms with Gasteiger partial charge in [0.15, 0.2) is 6.61 Å². The SMILES string of the molecule is CCC(C1CCNCC1)N(CC)C(=O)COC(=O)C(F)(F)F. The molecule has 0 aromatic carbocycles. The van der Waals surface area contributed by atoms with Crippen LogP contribution in [0.3, 0.4) is 0 Å². The van der Waals surface area contributed by atoms with Crippen LogP contribution in [0.25, 0.3) is 0 Å². The molecule has 1 fully saturated rings. The summed E-state index contributed by atoms with van der Waals surface area (Å²) in [5.41, 5.74) is 0. The lowest BCUT2D eigenvalue weighted by molar-refractivity contribution is -0.200. The molecule has 128 valence electrons. The number of nitrogens with one attached hydrogen (secondary N) is 1. The van der Waals surface area contributed by atoms with Gasteiger partial charge < -0.3 is 15.0 Å². The summed E-state index contributed by atoms with van der Waals surface area (Å²) in [4.78, 5) is 24.3. The average molecular weight is 324 g/mol. The predicted molar refractivity (Wildman–Crippen MR) is 74.1 cm³/mol. The molecular weight excluding hydrogens is 301 g/mol. The molecule has 1 atom stereocenters. The van der Waals surface area contributed by atoms with Gasteiger partial charge in [-0.3, -0.25) is 4.79 Å². The average Bonchev–Trinajstić information content (AvgIpc) is 2.49. The molecule has 0 aromatic rings. The van der Waals surface area contributed by atoms with Gasteiger partial charge in [-0.25, -0.2) is 4.79 Å². The fourth-order valence-electron chi connectivity index (χ4n) is 2.93. The normalized spacial score (nSPS) is 17.9. The van der Waals surface area contributed by atoms with Crippen LogP contribution in [0.15, 0.2) is 0 Å². The van der Waals surface area contributed by atoms with Crippen molar-refractivity contribution in [2.75, 3.05) is 26.2 Å². The van der Waals surface area contributed by atoms with E-state index in [0.29, 0.717) is 12.5 Å². The Balaban J connectivity index is 2.63. The van der Waals surface area contributed by atoms with Crippen molar-refractivity contribution in [3.8, 4) is 0 Å². The first-order valence-corrected chi connectivity index (χ1v) is 7.55. The summed E-state index contributed by atoms with van der Waals surface area (Å²) in [6, 6.07) is -0.0378. The number of carbonyl (C=O) groups is 2. The van der Waals surface area contributed by atoms with Crippen LogP contribution in [-0.2, 0) is 14.3 Å². The van der Waals surface area contributed by atoms with Crippen molar-refractivity contribution in [2.45, 2.75) is 45.3 Å². The minimum Gasteiger partial charge on any atom is -0.449 e. The number of nitrogens with zero attached hydrogens (tertiary/aromatic N) is 1. The zero-order chi connectivity index (χ0) is 16.8. The fourth-order valence-corrected chi connectivity index (χ4v) is 2.93. The van der Waals surface area contributed by atoms with E-state index in [4.69, 9.17) is 0 Å². The number of hydrogen-bond donors (Lipinski definition) is 1. The van der Waals surface area contributed by atoms with Gasteiger partial charge in [0.05, 0.1) is 0 Å². The number of likely N-dealkylation sites (N-methyl/N-ethyl adjacent to an activating group) is 1. The first-order chi connectivity index (χ1) is 10.3. The molecule has 1 heterocycles. The number of halogens is 3. The minimum absolute atomic E-state index is 0.0378. The smallest absolute Gasteiger partial charge is 0.449 e. The summed E-state index contributed by atoms with van der Waals surface area (Å²) >= 11 is 0. The molecule has 0 aromatic heterocycles. The number of rotatable bonds is 6. The summed E-state index contributed by atoms with van der Waals surface area (Å²) in [5, 5.41) is 3.24. The molecule has 5 nitrogen and oxygen atoms in total. The molecule has 1 rings (SSSR count). The van der Waals surface area contributed by atoms with Gasteiger partial charge in [-0.2, -0.15) is 13.2 Å². The van der Waals surface area contributed by atoms with Crippen LogP contribution in [0.1, 0.15) is 33.1 Å². The first kappa shape index (κ1) is 18.7. The Labute approximate surface area is 128 Å². The molecule has 0 saturated carbocycles. The van der Waals surface area contributed by atoms with E-state index >= 15 is 0 Å². The molecule has 0 bridgehead atoms. The zero-order valence-corrected chi connectivity index (χ0v) is 12.9. The minimum atomic E-state index is -5.07. The summed E-state index contributed by atoms with van der Waals surface area (Å²) < 4.78 is 40.3. The lowest BCUT2D eigenvalue weighted by Gasteiger charge is -2.38. The molecule has 0 spiro atoms. The number of amides is 1. The van der Waals surface area contributed by atoms with E-state index in [1.54, 1.807) is 6.92 Å². The highest BCUT2D eigenvalue weighted by atomic mass is 19.4. The third-order valence-electron chi connectivity index (χ3n) is 3.97. The molecule has 22 heavy (non-hydrogen) atoms. The van der Waals surface area contributed by atoms with Crippen LogP contribution in [0.4, 0.5) is 13.2 Å². The van der Waals surface area contributed by atoms with Crippen LogP contribution in [0, 0.1) is 5.92 Å². The highest BCUT2D eigenvalue weighted by molar-refractivity contribution is 5.82. The molecule has 8 heteroatoms. The van der Waals surface area contributed by atoms with Crippen LogP contribution in [-0.4, -0.2) is 55.2 Å². The lowest BCUT2D eigenvalue weighted by Crippen LogP contribution is -2.48. The Hall–Kier alpha value is -1.31. The highest BCUT2D eigenvalue weighted by Crippen LogP contribution is 2.24.